The summed E-state index contributed by atoms with van der Waals surface area (Å²) in [5.74, 6) is 0.648. The number of aliphatic imine (C=N–C) groups is 1. The van der Waals surface area contributed by atoms with E-state index < -0.39 is 0 Å². The van der Waals surface area contributed by atoms with Crippen LogP contribution in [0.3, 0.4) is 0 Å². The maximum Gasteiger partial charge on any atom is 0.310 e. The van der Waals surface area contributed by atoms with Crippen LogP contribution in [0.4, 0.5) is 0 Å². The van der Waals surface area contributed by atoms with Crippen molar-refractivity contribution in [3.05, 3.63) is 35.8 Å². The molecule has 1 aliphatic heterocycles. The van der Waals surface area contributed by atoms with E-state index >= 15 is 0 Å². The summed E-state index contributed by atoms with van der Waals surface area (Å²) in [5.41, 5.74) is 3.01. The van der Waals surface area contributed by atoms with Crippen molar-refractivity contribution in [2.45, 2.75) is 40.2 Å². The van der Waals surface area contributed by atoms with Gasteiger partial charge in [0.05, 0.1) is 24.8 Å². The topological polar surface area (TPSA) is 71.2 Å². The van der Waals surface area contributed by atoms with Crippen LogP contribution in [-0.2, 0) is 16.1 Å². The first-order valence-electron chi connectivity index (χ1n) is 9.75. The Kier molecular flexibility index (Phi) is 6.32. The molecule has 0 aromatic carbocycles. The first-order valence-corrected chi connectivity index (χ1v) is 9.75. The molecule has 1 aliphatic rings. The number of esters is 1. The van der Waals surface area contributed by atoms with Gasteiger partial charge >= 0.3 is 5.97 Å². The lowest BCUT2D eigenvalue weighted by molar-refractivity contribution is -0.149. The lowest BCUT2D eigenvalue weighted by atomic mass is 9.98. The van der Waals surface area contributed by atoms with Gasteiger partial charge in [-0.15, -0.1) is 0 Å². The molecule has 0 saturated carbocycles. The number of hydrogen-bond donors (Lipinski definition) is 1. The van der Waals surface area contributed by atoms with Crippen molar-refractivity contribution in [2.24, 2.45) is 10.9 Å². The molecule has 1 saturated heterocycles. The average Bonchev–Trinajstić information content (AvgIpc) is 3.10. The van der Waals surface area contributed by atoms with E-state index in [4.69, 9.17) is 9.73 Å². The van der Waals surface area contributed by atoms with Crippen LogP contribution in [0.1, 0.15) is 38.1 Å². The fourth-order valence-electron chi connectivity index (χ4n) is 3.48. The van der Waals surface area contributed by atoms with Crippen LogP contribution in [0.15, 0.2) is 29.4 Å². The third kappa shape index (κ3) is 4.59. The number of ether oxygens (including phenoxy) is 1. The Hall–Kier alpha value is -2.57. The molecule has 2 aromatic heterocycles. The van der Waals surface area contributed by atoms with Crippen LogP contribution in [0.2, 0.25) is 0 Å². The maximum absolute atomic E-state index is 12.1. The number of pyridine rings is 1. The van der Waals surface area contributed by atoms with Gasteiger partial charge in [0.2, 0.25) is 0 Å². The molecule has 3 heterocycles. The lowest BCUT2D eigenvalue weighted by Gasteiger charge is -2.33. The molecular formula is C20H29N5O2. The molecule has 3 rings (SSSR count). The van der Waals surface area contributed by atoms with Gasteiger partial charge in [-0.05, 0) is 45.7 Å². The number of hydrogen-bond acceptors (Lipinski definition) is 4. The summed E-state index contributed by atoms with van der Waals surface area (Å²) in [4.78, 5) is 23.7. The zero-order chi connectivity index (χ0) is 19.2. The van der Waals surface area contributed by atoms with E-state index in [2.05, 4.69) is 39.5 Å². The third-order valence-corrected chi connectivity index (χ3v) is 4.81. The quantitative estimate of drug-likeness (QED) is 0.496. The number of imidazole rings is 1. The molecule has 1 unspecified atom stereocenters. The second kappa shape index (κ2) is 8.88. The first kappa shape index (κ1) is 19.2. The zero-order valence-corrected chi connectivity index (χ0v) is 16.4. The second-order valence-corrected chi connectivity index (χ2v) is 6.83. The minimum Gasteiger partial charge on any atom is -0.466 e. The van der Waals surface area contributed by atoms with Gasteiger partial charge in [-0.25, -0.2) is 9.98 Å². The molecule has 27 heavy (non-hydrogen) atoms. The molecule has 0 spiro atoms. The van der Waals surface area contributed by atoms with E-state index in [1.54, 1.807) is 0 Å². The van der Waals surface area contributed by atoms with Gasteiger partial charge in [0.15, 0.2) is 5.96 Å². The molecule has 0 aliphatic carbocycles. The minimum absolute atomic E-state index is 0.0830. The van der Waals surface area contributed by atoms with Gasteiger partial charge in [-0.1, -0.05) is 6.07 Å². The Balaban J connectivity index is 1.73. The van der Waals surface area contributed by atoms with Crippen molar-refractivity contribution in [1.82, 2.24) is 19.6 Å². The Morgan fingerprint density at radius 1 is 1.41 bits per heavy atom. The molecule has 7 nitrogen and oxygen atoms in total. The largest absolute Gasteiger partial charge is 0.466 e. The van der Waals surface area contributed by atoms with Gasteiger partial charge in [0, 0.05) is 31.5 Å². The molecule has 146 valence electrons. The molecule has 0 radical (unpaired) electrons. The fraction of sp³-hybridized carbons (Fsp3) is 0.550. The van der Waals surface area contributed by atoms with Crippen molar-refractivity contribution < 1.29 is 9.53 Å². The number of piperidine rings is 1. The van der Waals surface area contributed by atoms with Crippen molar-refractivity contribution >= 4 is 17.6 Å². The molecule has 2 aromatic rings. The van der Waals surface area contributed by atoms with Crippen molar-refractivity contribution in [3.8, 4) is 0 Å². The summed E-state index contributed by atoms with van der Waals surface area (Å²) in [6.45, 7) is 9.22. The van der Waals surface area contributed by atoms with Crippen molar-refractivity contribution in [2.75, 3.05) is 26.2 Å². The number of guanidine groups is 1. The fourth-order valence-corrected chi connectivity index (χ4v) is 3.48. The summed E-state index contributed by atoms with van der Waals surface area (Å²) < 4.78 is 7.28. The first-order chi connectivity index (χ1) is 13.1. The van der Waals surface area contributed by atoms with E-state index in [9.17, 15) is 4.79 Å². The zero-order valence-electron chi connectivity index (χ0n) is 16.4. The summed E-state index contributed by atoms with van der Waals surface area (Å²) in [6.07, 6.45) is 3.87. The number of nitrogens with one attached hydrogen (secondary N) is 1. The van der Waals surface area contributed by atoms with E-state index in [1.807, 2.05) is 25.3 Å². The van der Waals surface area contributed by atoms with E-state index in [-0.39, 0.29) is 11.9 Å². The molecule has 0 bridgehead atoms. The van der Waals surface area contributed by atoms with Gasteiger partial charge in [-0.2, -0.15) is 0 Å². The Labute approximate surface area is 160 Å². The summed E-state index contributed by atoms with van der Waals surface area (Å²) in [6, 6.07) is 6.08. The van der Waals surface area contributed by atoms with E-state index in [1.165, 1.54) is 0 Å². The van der Waals surface area contributed by atoms with Gasteiger partial charge in [0.1, 0.15) is 5.65 Å². The molecule has 1 atom stereocenters. The highest BCUT2D eigenvalue weighted by Crippen LogP contribution is 2.18. The van der Waals surface area contributed by atoms with Gasteiger partial charge in [0.25, 0.3) is 0 Å². The number of aromatic nitrogens is 2. The summed E-state index contributed by atoms with van der Waals surface area (Å²) in [5, 5.41) is 3.35. The smallest absolute Gasteiger partial charge is 0.310 e. The summed E-state index contributed by atoms with van der Waals surface area (Å²) in [7, 11) is 0. The Bertz CT molecular complexity index is 814. The van der Waals surface area contributed by atoms with Gasteiger partial charge in [-0.3, -0.25) is 4.79 Å². The van der Waals surface area contributed by atoms with Crippen LogP contribution >= 0.6 is 0 Å². The number of fused-ring (bicyclic) bond motifs is 1. The van der Waals surface area contributed by atoms with Crippen LogP contribution in [-0.4, -0.2) is 52.5 Å². The second-order valence-electron chi connectivity index (χ2n) is 6.83. The maximum atomic E-state index is 12.1. The Morgan fingerprint density at radius 3 is 3.00 bits per heavy atom. The van der Waals surface area contributed by atoms with E-state index in [0.29, 0.717) is 19.7 Å². The highest BCUT2D eigenvalue weighted by Gasteiger charge is 2.28. The molecular weight excluding hydrogens is 342 g/mol. The van der Waals surface area contributed by atoms with Crippen LogP contribution in [0, 0.1) is 12.8 Å². The Morgan fingerprint density at radius 2 is 2.26 bits per heavy atom. The summed E-state index contributed by atoms with van der Waals surface area (Å²) >= 11 is 0. The monoisotopic (exact) mass is 371 g/mol. The van der Waals surface area contributed by atoms with Crippen LogP contribution in [0.5, 0.6) is 0 Å². The highest BCUT2D eigenvalue weighted by atomic mass is 16.5. The van der Waals surface area contributed by atoms with Crippen molar-refractivity contribution in [3.63, 3.8) is 0 Å². The van der Waals surface area contributed by atoms with Gasteiger partial charge < -0.3 is 19.4 Å². The number of nitrogens with zero attached hydrogens (tertiary/aromatic N) is 4. The highest BCUT2D eigenvalue weighted by molar-refractivity contribution is 5.81. The van der Waals surface area contributed by atoms with Crippen LogP contribution in [0.25, 0.3) is 5.65 Å². The van der Waals surface area contributed by atoms with E-state index in [0.717, 1.165) is 48.9 Å². The average molecular weight is 371 g/mol. The SMILES string of the molecule is CCNC(=NCc1cn2c(C)cccc2n1)N1CCCC(C(=O)OCC)C1. The molecule has 0 amide bonds. The number of likely N-dealkylation sites (tertiary alicyclic amines) is 1. The number of carbonyl (C=O) groups is 1. The van der Waals surface area contributed by atoms with Crippen molar-refractivity contribution in [1.29, 1.82) is 0 Å². The lowest BCUT2D eigenvalue weighted by Crippen LogP contribution is -2.48. The molecule has 1 N–H and O–H groups in total. The minimum atomic E-state index is -0.103. The predicted molar refractivity (Wildman–Crippen MR) is 106 cm³/mol. The standard InChI is InChI=1S/C20H29N5O2/c1-4-21-20(24-11-7-9-16(13-24)19(26)27-5-2)22-12-17-14-25-15(3)8-6-10-18(25)23-17/h6,8,10,14,16H,4-5,7,9,11-13H2,1-3H3,(H,21,22). The number of carbonyl (C=O) groups excluding carboxylic acids is 1. The van der Waals surface area contributed by atoms with Crippen LogP contribution < -0.4 is 5.32 Å². The third-order valence-electron chi connectivity index (χ3n) is 4.81. The molecule has 7 heteroatoms. The predicted octanol–water partition coefficient (Wildman–Crippen LogP) is 2.38. The number of aryl methyl sites for hydroxylation is 1. The number of rotatable bonds is 5. The molecule has 1 fully saturated rings. The normalized spacial score (nSPS) is 18.0.